The smallest absolute Gasteiger partial charge is 0.341 e. The Morgan fingerprint density at radius 3 is 2.50 bits per heavy atom. The van der Waals surface area contributed by atoms with Gasteiger partial charge in [-0.3, -0.25) is 14.7 Å². The van der Waals surface area contributed by atoms with Crippen molar-refractivity contribution in [3.05, 3.63) is 59.1 Å². The van der Waals surface area contributed by atoms with Crippen LogP contribution >= 0.6 is 23.4 Å². The third-order valence-electron chi connectivity index (χ3n) is 4.28. The second-order valence-corrected chi connectivity index (χ2v) is 8.24. The van der Waals surface area contributed by atoms with E-state index in [9.17, 15) is 22.8 Å². The Kier molecular flexibility index (Phi) is 7.09. The lowest BCUT2D eigenvalue weighted by Gasteiger charge is -2.17. The molecule has 168 valence electrons. The standard InChI is InChI=1S/C20H17ClF3N5O2S/c1-11(17(30)26-18(31)25-2)32-19-28-27-16(12-6-5-7-13(21)10-12)29(19)15-9-4-3-8-14(15)20(22,23)24/h3-11H,1-2H3,(H2,25,26,30,31). The molecule has 3 amide bonds. The normalized spacial score (nSPS) is 12.3. The monoisotopic (exact) mass is 483 g/mol. The molecule has 0 bridgehead atoms. The predicted octanol–water partition coefficient (Wildman–Crippen LogP) is 4.54. The summed E-state index contributed by atoms with van der Waals surface area (Å²) >= 11 is 6.92. The highest BCUT2D eigenvalue weighted by Gasteiger charge is 2.35. The van der Waals surface area contributed by atoms with E-state index in [1.165, 1.54) is 36.7 Å². The maximum Gasteiger partial charge on any atom is 0.418 e. The van der Waals surface area contributed by atoms with Gasteiger partial charge in [0, 0.05) is 17.6 Å². The van der Waals surface area contributed by atoms with Gasteiger partial charge in [0.2, 0.25) is 5.91 Å². The molecule has 2 N–H and O–H groups in total. The minimum atomic E-state index is -4.64. The molecule has 0 saturated heterocycles. The third-order valence-corrected chi connectivity index (χ3v) is 5.56. The Morgan fingerprint density at radius 1 is 1.12 bits per heavy atom. The molecule has 1 unspecified atom stereocenters. The predicted molar refractivity (Wildman–Crippen MR) is 115 cm³/mol. The van der Waals surface area contributed by atoms with Gasteiger partial charge in [0.15, 0.2) is 11.0 Å². The molecule has 0 radical (unpaired) electrons. The summed E-state index contributed by atoms with van der Waals surface area (Å²) in [5.74, 6) is -0.525. The number of imide groups is 1. The van der Waals surface area contributed by atoms with Crippen LogP contribution in [0.1, 0.15) is 12.5 Å². The molecule has 0 aliphatic carbocycles. The van der Waals surface area contributed by atoms with Gasteiger partial charge in [-0.05, 0) is 31.2 Å². The van der Waals surface area contributed by atoms with Crippen molar-refractivity contribution in [2.45, 2.75) is 23.5 Å². The third kappa shape index (κ3) is 5.22. The molecule has 0 saturated carbocycles. The molecule has 2 aromatic carbocycles. The minimum Gasteiger partial charge on any atom is -0.341 e. The number of alkyl halides is 3. The first-order valence-electron chi connectivity index (χ1n) is 9.19. The van der Waals surface area contributed by atoms with Gasteiger partial charge in [0.1, 0.15) is 0 Å². The molecular weight excluding hydrogens is 467 g/mol. The second kappa shape index (κ2) is 9.61. The molecule has 1 heterocycles. The molecule has 3 rings (SSSR count). The maximum atomic E-state index is 13.8. The number of carbonyl (C=O) groups excluding carboxylic acids is 2. The number of halogens is 4. The van der Waals surface area contributed by atoms with Crippen LogP contribution in [0.15, 0.2) is 53.7 Å². The van der Waals surface area contributed by atoms with Crippen molar-refractivity contribution in [3.63, 3.8) is 0 Å². The molecule has 0 aliphatic heterocycles. The number of nitrogens with one attached hydrogen (secondary N) is 2. The Hall–Kier alpha value is -3.05. The number of para-hydroxylation sites is 1. The van der Waals surface area contributed by atoms with Gasteiger partial charge < -0.3 is 5.32 Å². The van der Waals surface area contributed by atoms with E-state index >= 15 is 0 Å². The number of nitrogens with zero attached hydrogens (tertiary/aromatic N) is 3. The van der Waals surface area contributed by atoms with E-state index in [1.807, 2.05) is 0 Å². The van der Waals surface area contributed by atoms with Crippen molar-refractivity contribution in [1.29, 1.82) is 0 Å². The number of rotatable bonds is 5. The molecular formula is C20H17ClF3N5O2S. The zero-order valence-electron chi connectivity index (χ0n) is 16.8. The zero-order valence-corrected chi connectivity index (χ0v) is 18.3. The fraction of sp³-hybridized carbons (Fsp3) is 0.200. The fourth-order valence-corrected chi connectivity index (χ4v) is 3.82. The lowest BCUT2D eigenvalue weighted by Crippen LogP contribution is -2.41. The SMILES string of the molecule is CNC(=O)NC(=O)C(C)Sc1nnc(-c2cccc(Cl)c2)n1-c1ccccc1C(F)(F)F. The van der Waals surface area contributed by atoms with Gasteiger partial charge in [-0.2, -0.15) is 13.2 Å². The summed E-state index contributed by atoms with van der Waals surface area (Å²) in [4.78, 5) is 23.7. The number of aromatic nitrogens is 3. The first-order valence-corrected chi connectivity index (χ1v) is 10.4. The van der Waals surface area contributed by atoms with Crippen molar-refractivity contribution >= 4 is 35.3 Å². The van der Waals surface area contributed by atoms with E-state index in [0.717, 1.165) is 17.8 Å². The van der Waals surface area contributed by atoms with Crippen LogP contribution < -0.4 is 10.6 Å². The molecule has 1 aromatic heterocycles. The van der Waals surface area contributed by atoms with Crippen LogP contribution in [-0.2, 0) is 11.0 Å². The largest absolute Gasteiger partial charge is 0.418 e. The number of hydrogen-bond acceptors (Lipinski definition) is 5. The highest BCUT2D eigenvalue weighted by atomic mass is 35.5. The summed E-state index contributed by atoms with van der Waals surface area (Å²) < 4.78 is 42.5. The first-order chi connectivity index (χ1) is 15.1. The van der Waals surface area contributed by atoms with Crippen molar-refractivity contribution in [1.82, 2.24) is 25.4 Å². The van der Waals surface area contributed by atoms with Gasteiger partial charge in [0.25, 0.3) is 0 Å². The van der Waals surface area contributed by atoms with Crippen LogP contribution in [0.3, 0.4) is 0 Å². The van der Waals surface area contributed by atoms with Gasteiger partial charge in [-0.15, -0.1) is 10.2 Å². The molecule has 3 aromatic rings. The number of amides is 3. The number of urea groups is 1. The minimum absolute atomic E-state index is 0.0382. The maximum absolute atomic E-state index is 13.8. The Bertz CT molecular complexity index is 1150. The van der Waals surface area contributed by atoms with Crippen LogP contribution in [-0.4, -0.2) is 39.0 Å². The molecule has 12 heteroatoms. The number of thioether (sulfide) groups is 1. The summed E-state index contributed by atoms with van der Waals surface area (Å²) in [6, 6.07) is 10.7. The van der Waals surface area contributed by atoms with E-state index in [2.05, 4.69) is 20.8 Å². The number of hydrogen-bond donors (Lipinski definition) is 2. The van der Waals surface area contributed by atoms with Gasteiger partial charge >= 0.3 is 12.2 Å². The van der Waals surface area contributed by atoms with Crippen molar-refractivity contribution < 1.29 is 22.8 Å². The van der Waals surface area contributed by atoms with Crippen LogP contribution in [0, 0.1) is 0 Å². The fourth-order valence-electron chi connectivity index (χ4n) is 2.77. The Balaban J connectivity index is 2.13. The topological polar surface area (TPSA) is 88.9 Å². The van der Waals surface area contributed by atoms with E-state index in [0.29, 0.717) is 10.6 Å². The first kappa shape index (κ1) is 23.6. The van der Waals surface area contributed by atoms with Crippen molar-refractivity contribution in [2.24, 2.45) is 0 Å². The number of benzene rings is 2. The van der Waals surface area contributed by atoms with E-state index in [4.69, 9.17) is 11.6 Å². The van der Waals surface area contributed by atoms with Gasteiger partial charge in [0.05, 0.1) is 16.5 Å². The van der Waals surface area contributed by atoms with Gasteiger partial charge in [-0.25, -0.2) is 4.79 Å². The zero-order chi connectivity index (χ0) is 23.5. The molecule has 7 nitrogen and oxygen atoms in total. The average molecular weight is 484 g/mol. The Labute approximate surface area is 190 Å². The molecule has 32 heavy (non-hydrogen) atoms. The van der Waals surface area contributed by atoms with Crippen LogP contribution in [0.2, 0.25) is 5.02 Å². The van der Waals surface area contributed by atoms with Crippen LogP contribution in [0.4, 0.5) is 18.0 Å². The highest BCUT2D eigenvalue weighted by molar-refractivity contribution is 8.00. The molecule has 1 atom stereocenters. The molecule has 0 spiro atoms. The lowest BCUT2D eigenvalue weighted by molar-refractivity contribution is -0.137. The summed E-state index contributed by atoms with van der Waals surface area (Å²) in [6.45, 7) is 1.50. The van der Waals surface area contributed by atoms with Crippen molar-refractivity contribution in [2.75, 3.05) is 7.05 Å². The van der Waals surface area contributed by atoms with Crippen LogP contribution in [0.5, 0.6) is 0 Å². The van der Waals surface area contributed by atoms with E-state index < -0.39 is 28.9 Å². The summed E-state index contributed by atoms with van der Waals surface area (Å²) in [6.07, 6.45) is -4.64. The highest BCUT2D eigenvalue weighted by Crippen LogP contribution is 2.38. The number of carbonyl (C=O) groups is 2. The second-order valence-electron chi connectivity index (χ2n) is 6.50. The van der Waals surface area contributed by atoms with E-state index in [1.54, 1.807) is 24.3 Å². The van der Waals surface area contributed by atoms with E-state index in [-0.39, 0.29) is 16.7 Å². The average Bonchev–Trinajstić information content (AvgIpc) is 3.16. The summed E-state index contributed by atoms with van der Waals surface area (Å²) in [5, 5.41) is 12.0. The molecule has 0 aliphatic rings. The van der Waals surface area contributed by atoms with Crippen LogP contribution in [0.25, 0.3) is 17.1 Å². The quantitative estimate of drug-likeness (QED) is 0.520. The van der Waals surface area contributed by atoms with Gasteiger partial charge in [-0.1, -0.05) is 47.6 Å². The lowest BCUT2D eigenvalue weighted by atomic mass is 10.1. The summed E-state index contributed by atoms with van der Waals surface area (Å²) in [7, 11) is 1.35. The van der Waals surface area contributed by atoms with Crippen molar-refractivity contribution in [3.8, 4) is 17.1 Å². The molecule has 0 fully saturated rings. The summed E-state index contributed by atoms with van der Waals surface area (Å²) in [5.41, 5.74) is -0.662. The Morgan fingerprint density at radius 2 is 1.84 bits per heavy atom.